The zero-order valence-electron chi connectivity index (χ0n) is 21.9. The summed E-state index contributed by atoms with van der Waals surface area (Å²) >= 11 is 6.43. The van der Waals surface area contributed by atoms with Gasteiger partial charge in [0.2, 0.25) is 0 Å². The van der Waals surface area contributed by atoms with E-state index < -0.39 is 57.5 Å². The first-order chi connectivity index (χ1) is 18.4. The molecule has 0 radical (unpaired) electrons. The largest absolute Gasteiger partial charge is 0.431 e. The van der Waals surface area contributed by atoms with Crippen LogP contribution in [0.4, 0.5) is 22.0 Å². The third kappa shape index (κ3) is 7.60. The highest BCUT2D eigenvalue weighted by atomic mass is 35.5. The number of sulfone groups is 1. The molecule has 224 valence electrons. The molecule has 0 aromatic carbocycles. The lowest BCUT2D eigenvalue weighted by Crippen LogP contribution is -2.47. The van der Waals surface area contributed by atoms with E-state index in [4.69, 9.17) is 11.6 Å². The number of hydrogen-bond donors (Lipinski definition) is 2. The normalized spacial score (nSPS) is 20.9. The summed E-state index contributed by atoms with van der Waals surface area (Å²) in [4.78, 5) is 21.2. The molecule has 2 aromatic rings. The van der Waals surface area contributed by atoms with Crippen LogP contribution in [-0.4, -0.2) is 70.4 Å². The van der Waals surface area contributed by atoms with Gasteiger partial charge in [-0.05, 0) is 43.7 Å². The summed E-state index contributed by atoms with van der Waals surface area (Å²) in [7, 11) is -3.26. The lowest BCUT2D eigenvalue weighted by atomic mass is 9.84. The highest BCUT2D eigenvalue weighted by Crippen LogP contribution is 2.34. The Morgan fingerprint density at radius 2 is 1.95 bits per heavy atom. The minimum absolute atomic E-state index is 0.00434. The molecular formula is C24H30ClF5N4O5S. The average molecular weight is 617 g/mol. The summed E-state index contributed by atoms with van der Waals surface area (Å²) in [5, 5.41) is 12.5. The molecule has 1 aliphatic carbocycles. The maximum absolute atomic E-state index is 13.2. The fourth-order valence-electron chi connectivity index (χ4n) is 4.51. The lowest BCUT2D eigenvalue weighted by molar-refractivity contribution is -0.169. The number of pyridine rings is 1. The van der Waals surface area contributed by atoms with Gasteiger partial charge in [-0.25, -0.2) is 18.4 Å². The maximum atomic E-state index is 13.2. The molecule has 2 heterocycles. The van der Waals surface area contributed by atoms with Crippen molar-refractivity contribution in [1.29, 1.82) is 0 Å². The molecule has 0 aliphatic heterocycles. The van der Waals surface area contributed by atoms with Gasteiger partial charge in [-0.1, -0.05) is 25.4 Å². The molecule has 3 rings (SSSR count). The van der Waals surface area contributed by atoms with Crippen LogP contribution in [0.1, 0.15) is 61.4 Å². The van der Waals surface area contributed by atoms with Crippen LogP contribution in [-0.2, 0) is 22.7 Å². The maximum Gasteiger partial charge on any atom is 0.391 e. The first-order valence-electron chi connectivity index (χ1n) is 12.4. The van der Waals surface area contributed by atoms with E-state index in [9.17, 15) is 40.3 Å². The van der Waals surface area contributed by atoms with Crippen LogP contribution in [0, 0.1) is 5.92 Å². The van der Waals surface area contributed by atoms with Crippen molar-refractivity contribution < 1.29 is 45.0 Å². The van der Waals surface area contributed by atoms with Crippen LogP contribution < -0.4 is 10.1 Å². The molecule has 40 heavy (non-hydrogen) atoms. The Morgan fingerprint density at radius 3 is 2.48 bits per heavy atom. The molecule has 1 aliphatic rings. The minimum Gasteiger partial charge on any atom is -0.431 e. The summed E-state index contributed by atoms with van der Waals surface area (Å²) in [5.74, 6) is -3.28. The summed E-state index contributed by atoms with van der Waals surface area (Å²) in [6.07, 6.45) is -1.91. The summed E-state index contributed by atoms with van der Waals surface area (Å²) in [6, 6.07) is 1.01. The molecule has 1 fully saturated rings. The molecule has 1 saturated carbocycles. The molecule has 2 N–H and O–H groups in total. The van der Waals surface area contributed by atoms with E-state index in [0.717, 1.165) is 30.0 Å². The van der Waals surface area contributed by atoms with Crippen molar-refractivity contribution in [2.75, 3.05) is 12.8 Å². The number of aryl methyl sites for hydroxylation is 1. The van der Waals surface area contributed by atoms with Crippen molar-refractivity contribution in [3.63, 3.8) is 0 Å². The van der Waals surface area contributed by atoms with Crippen molar-refractivity contribution in [2.45, 2.75) is 76.0 Å². The number of aromatic nitrogens is 3. The van der Waals surface area contributed by atoms with Crippen molar-refractivity contribution in [3.8, 4) is 11.6 Å². The number of alkyl halides is 5. The molecule has 9 nitrogen and oxygen atoms in total. The number of aliphatic hydroxyl groups is 1. The predicted molar refractivity (Wildman–Crippen MR) is 136 cm³/mol. The number of nitrogens with one attached hydrogen (secondary N) is 1. The first kappa shape index (κ1) is 32.0. The number of imidazole rings is 1. The summed E-state index contributed by atoms with van der Waals surface area (Å²) < 4.78 is 94.6. The summed E-state index contributed by atoms with van der Waals surface area (Å²) in [5.41, 5.74) is -1.65. The Balaban J connectivity index is 1.86. The molecular weight excluding hydrogens is 587 g/mol. The second-order valence-electron chi connectivity index (χ2n) is 9.98. The SMILES string of the molecule is CCc1nc(C(=O)NCC2(O)CCC(S(C)(=O)=O)CC2)c(Cl)n1-c1ncc(C[C@@H](C)C(F)(F)F)cc1OC(F)F. The topological polar surface area (TPSA) is 123 Å². The molecule has 1 atom stereocenters. The number of rotatable bonds is 10. The van der Waals surface area contributed by atoms with Gasteiger partial charge in [0.15, 0.2) is 17.3 Å². The van der Waals surface area contributed by atoms with Crippen LogP contribution in [0.15, 0.2) is 12.3 Å². The molecule has 16 heteroatoms. The summed E-state index contributed by atoms with van der Waals surface area (Å²) in [6.45, 7) is -0.948. The number of ether oxygens (including phenoxy) is 1. The van der Waals surface area contributed by atoms with Crippen molar-refractivity contribution in [2.24, 2.45) is 5.92 Å². The van der Waals surface area contributed by atoms with E-state index >= 15 is 0 Å². The van der Waals surface area contributed by atoms with Crippen molar-refractivity contribution in [1.82, 2.24) is 19.9 Å². The van der Waals surface area contributed by atoms with E-state index in [0.29, 0.717) is 0 Å². The molecule has 0 spiro atoms. The van der Waals surface area contributed by atoms with Crippen molar-refractivity contribution >= 4 is 27.3 Å². The predicted octanol–water partition coefficient (Wildman–Crippen LogP) is 4.27. The molecule has 0 bridgehead atoms. The van der Waals surface area contributed by atoms with Crippen LogP contribution in [0.2, 0.25) is 5.15 Å². The minimum atomic E-state index is -4.51. The highest BCUT2D eigenvalue weighted by Gasteiger charge is 2.38. The zero-order valence-corrected chi connectivity index (χ0v) is 23.5. The van der Waals surface area contributed by atoms with E-state index in [1.165, 1.54) is 0 Å². The zero-order chi connectivity index (χ0) is 30.0. The molecule has 0 unspecified atom stereocenters. The van der Waals surface area contributed by atoms with Gasteiger partial charge in [-0.2, -0.15) is 22.0 Å². The fraction of sp³-hybridized carbons (Fsp3) is 0.625. The fourth-order valence-corrected chi connectivity index (χ4v) is 5.91. The highest BCUT2D eigenvalue weighted by molar-refractivity contribution is 7.91. The quantitative estimate of drug-likeness (QED) is 0.382. The average Bonchev–Trinajstić information content (AvgIpc) is 3.17. The number of carbonyl (C=O) groups is 1. The van der Waals surface area contributed by atoms with E-state index in [1.54, 1.807) is 6.92 Å². The smallest absolute Gasteiger partial charge is 0.391 e. The number of nitrogens with zero attached hydrogens (tertiary/aromatic N) is 3. The Morgan fingerprint density at radius 1 is 1.32 bits per heavy atom. The number of amides is 1. The van der Waals surface area contributed by atoms with Gasteiger partial charge in [0.1, 0.15) is 20.8 Å². The Hall–Kier alpha value is -2.52. The number of halogens is 6. The van der Waals surface area contributed by atoms with Gasteiger partial charge >= 0.3 is 12.8 Å². The monoisotopic (exact) mass is 616 g/mol. The van der Waals surface area contributed by atoms with Gasteiger partial charge in [-0.15, -0.1) is 0 Å². The van der Waals surface area contributed by atoms with Gasteiger partial charge in [0, 0.05) is 25.4 Å². The van der Waals surface area contributed by atoms with E-state index in [2.05, 4.69) is 20.0 Å². The van der Waals surface area contributed by atoms with Gasteiger partial charge in [-0.3, -0.25) is 9.36 Å². The Labute approximate surface area is 233 Å². The van der Waals surface area contributed by atoms with Crippen LogP contribution in [0.3, 0.4) is 0 Å². The Bertz CT molecular complexity index is 1330. The number of carbonyl (C=O) groups excluding carboxylic acids is 1. The van der Waals surface area contributed by atoms with E-state index in [-0.39, 0.29) is 66.7 Å². The van der Waals surface area contributed by atoms with Gasteiger partial charge in [0.05, 0.1) is 16.8 Å². The van der Waals surface area contributed by atoms with E-state index in [1.807, 2.05) is 0 Å². The van der Waals surface area contributed by atoms with Gasteiger partial charge in [0.25, 0.3) is 5.91 Å². The van der Waals surface area contributed by atoms with Crippen molar-refractivity contribution in [3.05, 3.63) is 34.5 Å². The van der Waals surface area contributed by atoms with Crippen LogP contribution in [0.25, 0.3) is 5.82 Å². The Kier molecular flexibility index (Phi) is 9.72. The number of hydrogen-bond acceptors (Lipinski definition) is 7. The molecule has 0 saturated heterocycles. The lowest BCUT2D eigenvalue weighted by Gasteiger charge is -2.35. The second-order valence-corrected chi connectivity index (χ2v) is 12.7. The standard InChI is InChI=1S/C24H30ClF5N4O5S/c1-4-17-33-18(21(35)32-12-23(36)7-5-15(6-8-23)40(3,37)38)19(25)34(17)20-16(39-22(26)27)10-14(11-31-20)9-13(2)24(28,29)30/h10-11,13,15,22,36H,4-9,12H2,1-3H3,(H,32,35)/t13-,15?,23?/m1/s1. The third-order valence-corrected chi connectivity index (χ3v) is 8.92. The molecule has 1 amide bonds. The second kappa shape index (κ2) is 12.1. The van der Waals surface area contributed by atoms with Crippen LogP contribution >= 0.6 is 11.6 Å². The van der Waals surface area contributed by atoms with Gasteiger partial charge < -0.3 is 15.2 Å². The first-order valence-corrected chi connectivity index (χ1v) is 14.8. The third-order valence-electron chi connectivity index (χ3n) is 6.89. The van der Waals surface area contributed by atoms with Crippen LogP contribution in [0.5, 0.6) is 5.75 Å². The molecule has 2 aromatic heterocycles.